The first-order chi connectivity index (χ1) is 20.6. The van der Waals surface area contributed by atoms with Gasteiger partial charge in [0, 0.05) is 41.8 Å². The molecule has 1 aliphatic rings. The minimum absolute atomic E-state index is 0.0748. The van der Waals surface area contributed by atoms with Crippen LogP contribution in [0.2, 0.25) is 0 Å². The van der Waals surface area contributed by atoms with Crippen molar-refractivity contribution in [1.29, 1.82) is 0 Å². The van der Waals surface area contributed by atoms with Crippen LogP contribution < -0.4 is 5.56 Å². The van der Waals surface area contributed by atoms with Crippen LogP contribution in [0.3, 0.4) is 0 Å². The number of imidazole rings is 1. The fourth-order valence-corrected chi connectivity index (χ4v) is 6.20. The maximum atomic E-state index is 13.8. The minimum atomic E-state index is -0.254. The largest absolute Gasteiger partial charge is 0.324 e. The van der Waals surface area contributed by atoms with Crippen LogP contribution in [0.5, 0.6) is 0 Å². The number of aromatic amines is 2. The van der Waals surface area contributed by atoms with E-state index >= 15 is 0 Å². The van der Waals surface area contributed by atoms with Gasteiger partial charge in [-0.3, -0.25) is 14.8 Å². The molecule has 212 valence electrons. The summed E-state index contributed by atoms with van der Waals surface area (Å²) in [5.74, 6) is 0.480. The Bertz CT molecular complexity index is 1820. The third kappa shape index (κ3) is 5.21. The van der Waals surface area contributed by atoms with Crippen molar-refractivity contribution in [2.45, 2.75) is 38.1 Å². The molecule has 1 saturated heterocycles. The standard InChI is InChI=1S/C34H33FN6O/c35-27-14-11-24(12-15-27)13-16-28-32(38-41(33(28)42)34-36-29-8-2-3-9-30(29)37-34)25-17-21-39(22-18-25)23-26-7-1-4-10-31(26)40-19-5-6-20-40/h1-12,14-15,19-20,25,38H,13,16-18,21-23H2,(H,36,37). The van der Waals surface area contributed by atoms with Crippen LogP contribution in [-0.4, -0.2) is 42.3 Å². The summed E-state index contributed by atoms with van der Waals surface area (Å²) in [6.07, 6.45) is 7.32. The molecule has 2 N–H and O–H groups in total. The first kappa shape index (κ1) is 26.2. The van der Waals surface area contributed by atoms with E-state index in [1.165, 1.54) is 23.4 Å². The van der Waals surface area contributed by atoms with Gasteiger partial charge in [-0.25, -0.2) is 9.37 Å². The Balaban J connectivity index is 1.14. The summed E-state index contributed by atoms with van der Waals surface area (Å²) in [6, 6.07) is 27.0. The Labute approximate surface area is 243 Å². The number of rotatable bonds is 8. The molecule has 3 aromatic carbocycles. The fourth-order valence-electron chi connectivity index (χ4n) is 6.20. The number of halogens is 1. The average molecular weight is 561 g/mol. The number of para-hydroxylation sites is 3. The van der Waals surface area contributed by atoms with Gasteiger partial charge in [0.05, 0.1) is 11.0 Å². The molecule has 3 aromatic heterocycles. The number of aryl methyl sites for hydroxylation is 1. The second-order valence-electron chi connectivity index (χ2n) is 11.1. The molecule has 4 heterocycles. The Morgan fingerprint density at radius 3 is 2.38 bits per heavy atom. The van der Waals surface area contributed by atoms with E-state index in [0.29, 0.717) is 18.8 Å². The molecule has 0 unspecified atom stereocenters. The van der Waals surface area contributed by atoms with Gasteiger partial charge >= 0.3 is 0 Å². The second-order valence-corrected chi connectivity index (χ2v) is 11.1. The molecular formula is C34H33FN6O. The number of hydrogen-bond acceptors (Lipinski definition) is 3. The van der Waals surface area contributed by atoms with Gasteiger partial charge in [0.1, 0.15) is 5.82 Å². The smallest absolute Gasteiger partial charge is 0.277 e. The number of nitrogens with zero attached hydrogens (tertiary/aromatic N) is 4. The molecular weight excluding hydrogens is 527 g/mol. The first-order valence-electron chi connectivity index (χ1n) is 14.6. The van der Waals surface area contributed by atoms with E-state index in [1.54, 1.807) is 16.8 Å². The van der Waals surface area contributed by atoms with Crippen LogP contribution in [0, 0.1) is 5.82 Å². The molecule has 8 heteroatoms. The summed E-state index contributed by atoms with van der Waals surface area (Å²) in [7, 11) is 0. The number of benzene rings is 3. The summed E-state index contributed by atoms with van der Waals surface area (Å²) in [5.41, 5.74) is 6.93. The van der Waals surface area contributed by atoms with Crippen LogP contribution >= 0.6 is 0 Å². The molecule has 42 heavy (non-hydrogen) atoms. The van der Waals surface area contributed by atoms with Crippen LogP contribution in [0.4, 0.5) is 4.39 Å². The van der Waals surface area contributed by atoms with Crippen molar-refractivity contribution in [2.24, 2.45) is 0 Å². The zero-order valence-electron chi connectivity index (χ0n) is 23.3. The van der Waals surface area contributed by atoms with Crippen LogP contribution in [0.1, 0.15) is 41.1 Å². The van der Waals surface area contributed by atoms with Gasteiger partial charge in [-0.05, 0) is 92.4 Å². The van der Waals surface area contributed by atoms with E-state index < -0.39 is 0 Å². The van der Waals surface area contributed by atoms with Crippen molar-refractivity contribution < 1.29 is 4.39 Å². The molecule has 1 fully saturated rings. The monoisotopic (exact) mass is 560 g/mol. The molecule has 0 bridgehead atoms. The molecule has 0 aliphatic carbocycles. The van der Waals surface area contributed by atoms with Crippen molar-refractivity contribution in [3.05, 3.63) is 136 Å². The lowest BCUT2D eigenvalue weighted by Crippen LogP contribution is -2.33. The number of fused-ring (bicyclic) bond motifs is 1. The van der Waals surface area contributed by atoms with Gasteiger partial charge in [-0.1, -0.05) is 42.5 Å². The van der Waals surface area contributed by atoms with Gasteiger partial charge in [0.15, 0.2) is 0 Å². The summed E-state index contributed by atoms with van der Waals surface area (Å²) < 4.78 is 17.2. The third-order valence-corrected chi connectivity index (χ3v) is 8.45. The predicted octanol–water partition coefficient (Wildman–Crippen LogP) is 6.14. The predicted molar refractivity (Wildman–Crippen MR) is 163 cm³/mol. The second kappa shape index (κ2) is 11.3. The minimum Gasteiger partial charge on any atom is -0.324 e. The normalized spacial score (nSPS) is 14.6. The number of aromatic nitrogens is 5. The van der Waals surface area contributed by atoms with Crippen molar-refractivity contribution in [3.8, 4) is 11.6 Å². The van der Waals surface area contributed by atoms with Gasteiger partial charge in [0.25, 0.3) is 5.56 Å². The summed E-state index contributed by atoms with van der Waals surface area (Å²) in [5, 5.41) is 3.46. The van der Waals surface area contributed by atoms with Gasteiger partial charge in [-0.2, -0.15) is 4.68 Å². The molecule has 6 aromatic rings. The SMILES string of the molecule is O=c1c(CCc2ccc(F)cc2)c(C2CCN(Cc3ccccc3-n3cccc3)CC2)[nH]n1-c1nc2ccccc2[nH]1. The molecule has 7 rings (SSSR count). The molecule has 0 spiro atoms. The number of likely N-dealkylation sites (tertiary alicyclic amines) is 1. The zero-order valence-corrected chi connectivity index (χ0v) is 23.3. The molecule has 1 aliphatic heterocycles. The maximum absolute atomic E-state index is 13.8. The number of hydrogen-bond donors (Lipinski definition) is 2. The van der Waals surface area contributed by atoms with Gasteiger partial charge in [-0.15, -0.1) is 0 Å². The molecule has 7 nitrogen and oxygen atoms in total. The highest BCUT2D eigenvalue weighted by Crippen LogP contribution is 2.31. The third-order valence-electron chi connectivity index (χ3n) is 8.45. The topological polar surface area (TPSA) is 74.6 Å². The van der Waals surface area contributed by atoms with Crippen molar-refractivity contribution in [1.82, 2.24) is 29.2 Å². The first-order valence-corrected chi connectivity index (χ1v) is 14.6. The lowest BCUT2D eigenvalue weighted by Gasteiger charge is -2.32. The zero-order chi connectivity index (χ0) is 28.5. The quantitative estimate of drug-likeness (QED) is 0.235. The van der Waals surface area contributed by atoms with Crippen molar-refractivity contribution in [2.75, 3.05) is 13.1 Å². The maximum Gasteiger partial charge on any atom is 0.277 e. The Hall–Kier alpha value is -4.69. The van der Waals surface area contributed by atoms with E-state index in [9.17, 15) is 9.18 Å². The highest BCUT2D eigenvalue weighted by atomic mass is 19.1. The van der Waals surface area contributed by atoms with Crippen LogP contribution in [0.25, 0.3) is 22.7 Å². The van der Waals surface area contributed by atoms with E-state index in [2.05, 4.69) is 61.2 Å². The lowest BCUT2D eigenvalue weighted by atomic mass is 9.89. The molecule has 0 radical (unpaired) electrons. The number of nitrogens with one attached hydrogen (secondary N) is 2. The fraction of sp³-hybridized carbons (Fsp3) is 0.235. The molecule has 0 saturated carbocycles. The Kier molecular flexibility index (Phi) is 7.05. The van der Waals surface area contributed by atoms with E-state index in [0.717, 1.165) is 60.3 Å². The highest BCUT2D eigenvalue weighted by molar-refractivity contribution is 5.75. The van der Waals surface area contributed by atoms with Crippen molar-refractivity contribution in [3.63, 3.8) is 0 Å². The number of H-pyrrole nitrogens is 2. The van der Waals surface area contributed by atoms with E-state index in [1.807, 2.05) is 36.4 Å². The number of piperidine rings is 1. The van der Waals surface area contributed by atoms with Crippen LogP contribution in [0.15, 0.2) is 102 Å². The van der Waals surface area contributed by atoms with E-state index in [4.69, 9.17) is 0 Å². The lowest BCUT2D eigenvalue weighted by molar-refractivity contribution is 0.202. The van der Waals surface area contributed by atoms with Gasteiger partial charge in [0.2, 0.25) is 5.95 Å². The van der Waals surface area contributed by atoms with Gasteiger partial charge < -0.3 is 9.55 Å². The van der Waals surface area contributed by atoms with E-state index in [-0.39, 0.29) is 17.3 Å². The molecule has 0 amide bonds. The average Bonchev–Trinajstić information content (AvgIpc) is 3.77. The highest BCUT2D eigenvalue weighted by Gasteiger charge is 2.27. The summed E-state index contributed by atoms with van der Waals surface area (Å²) >= 11 is 0. The Morgan fingerprint density at radius 2 is 1.60 bits per heavy atom. The van der Waals surface area contributed by atoms with Crippen molar-refractivity contribution >= 4 is 11.0 Å². The summed E-state index contributed by atoms with van der Waals surface area (Å²) in [4.78, 5) is 24.3. The molecule has 0 atom stereocenters. The summed E-state index contributed by atoms with van der Waals surface area (Å²) in [6.45, 7) is 2.77. The van der Waals surface area contributed by atoms with Crippen LogP contribution in [-0.2, 0) is 19.4 Å². The Morgan fingerprint density at radius 1 is 0.857 bits per heavy atom.